The summed E-state index contributed by atoms with van der Waals surface area (Å²) in [5, 5.41) is 0. The average molecular weight is 439 g/mol. The molecular weight excluding hydrogens is 418 g/mol. The summed E-state index contributed by atoms with van der Waals surface area (Å²) in [5.74, 6) is -1.51. The Morgan fingerprint density at radius 3 is 2.42 bits per heavy atom. The van der Waals surface area contributed by atoms with E-state index in [4.69, 9.17) is 10.5 Å². The maximum absolute atomic E-state index is 14.2. The maximum atomic E-state index is 14.2. The van der Waals surface area contributed by atoms with Gasteiger partial charge in [0, 0.05) is 13.5 Å². The van der Waals surface area contributed by atoms with Gasteiger partial charge in [0.1, 0.15) is 5.75 Å². The molecule has 2 aromatic rings. The Morgan fingerprint density at radius 1 is 1.16 bits per heavy atom. The van der Waals surface area contributed by atoms with E-state index < -0.39 is 30.5 Å². The van der Waals surface area contributed by atoms with E-state index in [0.717, 1.165) is 11.0 Å². The molecule has 1 atom stereocenters. The lowest BCUT2D eigenvalue weighted by Gasteiger charge is -2.27. The molecule has 10 heteroatoms. The molecule has 0 aliphatic carbocycles. The highest BCUT2D eigenvalue weighted by Crippen LogP contribution is 2.42. The monoisotopic (exact) mass is 439 g/mol. The van der Waals surface area contributed by atoms with Gasteiger partial charge in [0.2, 0.25) is 0 Å². The Balaban J connectivity index is 2.14. The van der Waals surface area contributed by atoms with Gasteiger partial charge in [0.05, 0.1) is 13.3 Å². The molecule has 1 aliphatic rings. The van der Waals surface area contributed by atoms with Crippen LogP contribution in [0.15, 0.2) is 41.4 Å². The Hall–Kier alpha value is -3.30. The predicted molar refractivity (Wildman–Crippen MR) is 105 cm³/mol. The summed E-state index contributed by atoms with van der Waals surface area (Å²) in [6.45, 7) is -2.14. The predicted octanol–water partition coefficient (Wildman–Crippen LogP) is 3.50. The molecule has 2 N–H and O–H groups in total. The van der Waals surface area contributed by atoms with Crippen molar-refractivity contribution >= 4 is 11.9 Å². The second-order valence-electron chi connectivity index (χ2n) is 6.94. The number of rotatable bonds is 8. The van der Waals surface area contributed by atoms with Crippen molar-refractivity contribution < 1.29 is 31.8 Å². The number of nitrogens with zero attached hydrogens (tertiary/aromatic N) is 2. The molecule has 3 rings (SSSR count). The SMILES string of the molecule is Cc1cc([C@@]2(c3ccc(F)c(OCCCF)c3)N=C(N)N(C)C2=O)ccc1OC(F)F. The fourth-order valence-electron chi connectivity index (χ4n) is 3.36. The number of halogens is 4. The van der Waals surface area contributed by atoms with Crippen LogP contribution in [-0.2, 0) is 10.3 Å². The van der Waals surface area contributed by atoms with Crippen LogP contribution in [0.25, 0.3) is 0 Å². The zero-order chi connectivity index (χ0) is 22.8. The normalized spacial score (nSPS) is 18.5. The number of amides is 1. The molecule has 0 aromatic heterocycles. The Kier molecular flexibility index (Phi) is 6.37. The van der Waals surface area contributed by atoms with E-state index in [1.54, 1.807) is 6.92 Å². The van der Waals surface area contributed by atoms with Gasteiger partial charge in [-0.2, -0.15) is 8.78 Å². The molecule has 0 fully saturated rings. The zero-order valence-electron chi connectivity index (χ0n) is 16.9. The van der Waals surface area contributed by atoms with Gasteiger partial charge in [-0.3, -0.25) is 14.1 Å². The molecule has 166 valence electrons. The molecule has 0 bridgehead atoms. The van der Waals surface area contributed by atoms with Gasteiger partial charge in [0.15, 0.2) is 23.1 Å². The number of carbonyl (C=O) groups excluding carboxylic acids is 1. The fourth-order valence-corrected chi connectivity index (χ4v) is 3.36. The summed E-state index contributed by atoms with van der Waals surface area (Å²) in [6.07, 6.45) is 0.0758. The summed E-state index contributed by atoms with van der Waals surface area (Å²) in [5.41, 5.74) is 5.14. The Morgan fingerprint density at radius 2 is 1.84 bits per heavy atom. The van der Waals surface area contributed by atoms with Gasteiger partial charge in [0.25, 0.3) is 5.91 Å². The van der Waals surface area contributed by atoms with E-state index in [-0.39, 0.29) is 36.0 Å². The van der Waals surface area contributed by atoms with E-state index in [1.807, 2.05) is 0 Å². The first kappa shape index (κ1) is 22.4. The van der Waals surface area contributed by atoms with Gasteiger partial charge >= 0.3 is 6.61 Å². The number of benzene rings is 2. The van der Waals surface area contributed by atoms with Crippen molar-refractivity contribution in [3.8, 4) is 11.5 Å². The minimum Gasteiger partial charge on any atom is -0.490 e. The van der Waals surface area contributed by atoms with Gasteiger partial charge < -0.3 is 15.2 Å². The van der Waals surface area contributed by atoms with Crippen LogP contribution < -0.4 is 15.2 Å². The van der Waals surface area contributed by atoms with Crippen LogP contribution in [0, 0.1) is 12.7 Å². The van der Waals surface area contributed by atoms with E-state index in [2.05, 4.69) is 9.73 Å². The number of carbonyl (C=O) groups is 1. The number of alkyl halides is 3. The van der Waals surface area contributed by atoms with Crippen molar-refractivity contribution in [1.29, 1.82) is 0 Å². The lowest BCUT2D eigenvalue weighted by molar-refractivity contribution is -0.129. The van der Waals surface area contributed by atoms with Crippen LogP contribution >= 0.6 is 0 Å². The van der Waals surface area contributed by atoms with Gasteiger partial charge in [-0.25, -0.2) is 9.38 Å². The second kappa shape index (κ2) is 8.83. The van der Waals surface area contributed by atoms with Crippen molar-refractivity contribution in [1.82, 2.24) is 4.90 Å². The minimum absolute atomic E-state index is 0.0537. The fraction of sp³-hybridized carbons (Fsp3) is 0.333. The molecule has 31 heavy (non-hydrogen) atoms. The van der Waals surface area contributed by atoms with Gasteiger partial charge in [-0.15, -0.1) is 0 Å². The quantitative estimate of drug-likeness (QED) is 0.505. The topological polar surface area (TPSA) is 77.2 Å². The van der Waals surface area contributed by atoms with Crippen molar-refractivity contribution in [3.63, 3.8) is 0 Å². The highest BCUT2D eigenvalue weighted by atomic mass is 19.3. The second-order valence-corrected chi connectivity index (χ2v) is 6.94. The van der Waals surface area contributed by atoms with Gasteiger partial charge in [-0.05, 0) is 47.9 Å². The third-order valence-corrected chi connectivity index (χ3v) is 4.93. The number of nitrogens with two attached hydrogens (primary N) is 1. The Labute approximate surface area is 176 Å². The third-order valence-electron chi connectivity index (χ3n) is 4.93. The highest BCUT2D eigenvalue weighted by Gasteiger charge is 2.50. The maximum Gasteiger partial charge on any atom is 0.387 e. The molecule has 0 radical (unpaired) electrons. The van der Waals surface area contributed by atoms with Crippen molar-refractivity contribution in [2.24, 2.45) is 10.7 Å². The molecule has 1 amide bonds. The standard InChI is InChI=1S/C21H21F4N3O3/c1-12-10-13(5-7-16(12)31-19(24)25)21(18(29)28(2)20(26)27-21)14-4-6-15(23)17(11-14)30-9-3-8-22/h4-7,10-11,19H,3,8-9H2,1-2H3,(H2,26,27)/t21-/m0/s1. The van der Waals surface area contributed by atoms with E-state index in [9.17, 15) is 22.4 Å². The molecule has 0 saturated heterocycles. The van der Waals surface area contributed by atoms with E-state index >= 15 is 0 Å². The van der Waals surface area contributed by atoms with Crippen LogP contribution in [0.2, 0.25) is 0 Å². The Bertz CT molecular complexity index is 1020. The number of ether oxygens (including phenoxy) is 2. The molecule has 0 unspecified atom stereocenters. The number of aliphatic imine (C=N–C) groups is 1. The van der Waals surface area contributed by atoms with Gasteiger partial charge in [-0.1, -0.05) is 12.1 Å². The average Bonchev–Trinajstić information content (AvgIpc) is 2.95. The van der Waals surface area contributed by atoms with Crippen LogP contribution in [0.3, 0.4) is 0 Å². The summed E-state index contributed by atoms with van der Waals surface area (Å²) < 4.78 is 61.6. The number of aryl methyl sites for hydroxylation is 1. The molecular formula is C21H21F4N3O3. The molecule has 1 heterocycles. The molecule has 2 aromatic carbocycles. The number of guanidine groups is 1. The molecule has 6 nitrogen and oxygen atoms in total. The molecule has 0 spiro atoms. The van der Waals surface area contributed by atoms with Crippen molar-refractivity contribution in [3.05, 3.63) is 58.9 Å². The van der Waals surface area contributed by atoms with Crippen molar-refractivity contribution in [2.75, 3.05) is 20.3 Å². The highest BCUT2D eigenvalue weighted by molar-refractivity contribution is 6.09. The third kappa shape index (κ3) is 4.14. The van der Waals surface area contributed by atoms with Crippen LogP contribution in [0.1, 0.15) is 23.1 Å². The first-order valence-corrected chi connectivity index (χ1v) is 9.39. The summed E-state index contributed by atoms with van der Waals surface area (Å²) >= 11 is 0. The van der Waals surface area contributed by atoms with Crippen LogP contribution in [0.4, 0.5) is 17.6 Å². The summed E-state index contributed by atoms with van der Waals surface area (Å²) in [6, 6.07) is 7.99. The minimum atomic E-state index is -3.01. The summed E-state index contributed by atoms with van der Waals surface area (Å²) in [4.78, 5) is 18.8. The largest absolute Gasteiger partial charge is 0.490 e. The summed E-state index contributed by atoms with van der Waals surface area (Å²) in [7, 11) is 1.44. The molecule has 1 aliphatic heterocycles. The lowest BCUT2D eigenvalue weighted by Crippen LogP contribution is -2.41. The molecule has 0 saturated carbocycles. The lowest BCUT2D eigenvalue weighted by atomic mass is 9.82. The van der Waals surface area contributed by atoms with E-state index in [0.29, 0.717) is 11.1 Å². The van der Waals surface area contributed by atoms with Crippen molar-refractivity contribution in [2.45, 2.75) is 25.5 Å². The number of hydrogen-bond acceptors (Lipinski definition) is 5. The van der Waals surface area contributed by atoms with Crippen LogP contribution in [-0.4, -0.2) is 43.7 Å². The zero-order valence-corrected chi connectivity index (χ0v) is 16.9. The number of hydrogen-bond donors (Lipinski definition) is 1. The first-order valence-electron chi connectivity index (χ1n) is 9.39. The first-order chi connectivity index (χ1) is 14.7. The smallest absolute Gasteiger partial charge is 0.387 e. The van der Waals surface area contributed by atoms with Crippen LogP contribution in [0.5, 0.6) is 11.5 Å². The van der Waals surface area contributed by atoms with E-state index in [1.165, 1.54) is 37.4 Å². The number of likely N-dealkylation sites (N-methyl/N-ethyl adjacent to an activating group) is 1.